The Morgan fingerprint density at radius 1 is 1.33 bits per heavy atom. The van der Waals surface area contributed by atoms with Crippen LogP contribution in [0.5, 0.6) is 0 Å². The summed E-state index contributed by atoms with van der Waals surface area (Å²) in [6.45, 7) is 6.90. The van der Waals surface area contributed by atoms with Crippen molar-refractivity contribution in [2.24, 2.45) is 0 Å². The first-order valence-electron chi connectivity index (χ1n) is 4.42. The van der Waals surface area contributed by atoms with Crippen molar-refractivity contribution in [3.63, 3.8) is 0 Å². The number of carbonyl (C=O) groups excluding carboxylic acids is 1. The van der Waals surface area contributed by atoms with Gasteiger partial charge in [0.05, 0.1) is 0 Å². The molecule has 0 aliphatic rings. The van der Waals surface area contributed by atoms with Gasteiger partial charge in [0.25, 0.3) is 0 Å². The maximum atomic E-state index is 11.3. The van der Waals surface area contributed by atoms with Gasteiger partial charge in [0, 0.05) is 0 Å². The predicted molar refractivity (Wildman–Crippen MR) is 58.2 cm³/mol. The number of carbonyl (C=O) groups is 1. The third-order valence-corrected chi connectivity index (χ3v) is 3.78. The summed E-state index contributed by atoms with van der Waals surface area (Å²) in [6, 6.07) is 0. The molecule has 86 valence electrons. The Morgan fingerprint density at radius 3 is 2.27 bits per heavy atom. The number of hydrogen-bond acceptors (Lipinski definition) is 2. The van der Waals surface area contributed by atoms with Gasteiger partial charge in [0.2, 0.25) is 6.41 Å². The number of rotatable bonds is 8. The summed E-state index contributed by atoms with van der Waals surface area (Å²) in [7, 11) is -4.43. The van der Waals surface area contributed by atoms with Gasteiger partial charge in [-0.2, -0.15) is 0 Å². The van der Waals surface area contributed by atoms with Crippen LogP contribution in [0.2, 0.25) is 0 Å². The summed E-state index contributed by atoms with van der Waals surface area (Å²) >= 11 is 0. The standard InChI is InChI=1S/C9H16NO4P/c1-3-5-7-9(6-4-2,10-8-11)15(12,13)14/h3-4,8H,1-2,5-7H2,(H,10,11)(H2,12,13,14). The van der Waals surface area contributed by atoms with Crippen LogP contribution >= 0.6 is 7.60 Å². The first-order valence-corrected chi connectivity index (χ1v) is 6.03. The molecule has 0 bridgehead atoms. The van der Waals surface area contributed by atoms with Gasteiger partial charge in [-0.05, 0) is 19.3 Å². The fourth-order valence-corrected chi connectivity index (χ4v) is 2.28. The summed E-state index contributed by atoms with van der Waals surface area (Å²) in [5.74, 6) is 0. The third kappa shape index (κ3) is 3.63. The highest BCUT2D eigenvalue weighted by Crippen LogP contribution is 2.53. The molecule has 0 aromatic rings. The highest BCUT2D eigenvalue weighted by Gasteiger charge is 2.44. The van der Waals surface area contributed by atoms with Crippen LogP contribution in [-0.2, 0) is 9.36 Å². The Balaban J connectivity index is 5.04. The predicted octanol–water partition coefficient (Wildman–Crippen LogP) is 1.15. The van der Waals surface area contributed by atoms with Crippen molar-refractivity contribution in [1.29, 1.82) is 0 Å². The molecular formula is C9H16NO4P. The molecule has 0 fully saturated rings. The SMILES string of the molecule is C=CCCC(CC=C)(NC=O)P(=O)(O)O. The Morgan fingerprint density at radius 2 is 1.93 bits per heavy atom. The van der Waals surface area contributed by atoms with Gasteiger partial charge >= 0.3 is 7.60 Å². The lowest BCUT2D eigenvalue weighted by molar-refractivity contribution is -0.110. The molecule has 0 aromatic heterocycles. The molecule has 0 aromatic carbocycles. The van der Waals surface area contributed by atoms with Crippen molar-refractivity contribution in [2.45, 2.75) is 24.5 Å². The van der Waals surface area contributed by atoms with Crippen LogP contribution in [0.4, 0.5) is 0 Å². The maximum absolute atomic E-state index is 11.3. The van der Waals surface area contributed by atoms with Gasteiger partial charge in [-0.25, -0.2) is 0 Å². The van der Waals surface area contributed by atoms with E-state index in [2.05, 4.69) is 18.5 Å². The van der Waals surface area contributed by atoms with Crippen molar-refractivity contribution in [3.05, 3.63) is 25.3 Å². The van der Waals surface area contributed by atoms with Crippen molar-refractivity contribution in [1.82, 2.24) is 5.32 Å². The van der Waals surface area contributed by atoms with Crippen molar-refractivity contribution >= 4 is 14.0 Å². The molecule has 1 atom stereocenters. The quantitative estimate of drug-likeness (QED) is 0.333. The van der Waals surface area contributed by atoms with E-state index in [-0.39, 0.29) is 12.8 Å². The lowest BCUT2D eigenvalue weighted by atomic mass is 10.1. The van der Waals surface area contributed by atoms with E-state index in [1.807, 2.05) is 0 Å². The van der Waals surface area contributed by atoms with E-state index >= 15 is 0 Å². The van der Waals surface area contributed by atoms with Crippen LogP contribution in [0.25, 0.3) is 0 Å². The monoisotopic (exact) mass is 233 g/mol. The van der Waals surface area contributed by atoms with E-state index in [1.54, 1.807) is 6.08 Å². The zero-order valence-electron chi connectivity index (χ0n) is 8.43. The minimum absolute atomic E-state index is 0.0177. The van der Waals surface area contributed by atoms with Crippen molar-refractivity contribution in [3.8, 4) is 0 Å². The highest BCUT2D eigenvalue weighted by atomic mass is 31.2. The molecule has 0 aliphatic carbocycles. The Hall–Kier alpha value is -0.900. The fraction of sp³-hybridized carbons (Fsp3) is 0.444. The first-order chi connectivity index (χ1) is 6.93. The van der Waals surface area contributed by atoms with Gasteiger partial charge in [-0.1, -0.05) is 12.2 Å². The van der Waals surface area contributed by atoms with E-state index in [0.29, 0.717) is 12.8 Å². The zero-order valence-corrected chi connectivity index (χ0v) is 9.32. The minimum Gasteiger partial charge on any atom is -0.342 e. The Bertz CT molecular complexity index is 274. The van der Waals surface area contributed by atoms with Crippen LogP contribution in [0.1, 0.15) is 19.3 Å². The summed E-state index contributed by atoms with van der Waals surface area (Å²) in [4.78, 5) is 28.8. The molecule has 15 heavy (non-hydrogen) atoms. The van der Waals surface area contributed by atoms with Crippen LogP contribution < -0.4 is 5.32 Å². The number of hydrogen-bond donors (Lipinski definition) is 3. The summed E-state index contributed by atoms with van der Waals surface area (Å²) < 4.78 is 11.3. The van der Waals surface area contributed by atoms with E-state index in [9.17, 15) is 19.1 Å². The summed E-state index contributed by atoms with van der Waals surface area (Å²) in [5.41, 5.74) is 0. The summed E-state index contributed by atoms with van der Waals surface area (Å²) in [5, 5.41) is 0.658. The molecule has 5 nitrogen and oxygen atoms in total. The Kier molecular flexibility index (Phi) is 5.50. The van der Waals surface area contributed by atoms with E-state index in [1.165, 1.54) is 6.08 Å². The van der Waals surface area contributed by atoms with Crippen LogP contribution in [-0.4, -0.2) is 21.5 Å². The van der Waals surface area contributed by atoms with E-state index < -0.39 is 12.9 Å². The molecular weight excluding hydrogens is 217 g/mol. The second-order valence-electron chi connectivity index (χ2n) is 3.16. The Labute approximate surface area is 89.0 Å². The van der Waals surface area contributed by atoms with Crippen LogP contribution in [0, 0.1) is 0 Å². The molecule has 1 unspecified atom stereocenters. The highest BCUT2D eigenvalue weighted by molar-refractivity contribution is 7.53. The number of nitrogens with one attached hydrogen (secondary N) is 1. The smallest absolute Gasteiger partial charge is 0.342 e. The summed E-state index contributed by atoms with van der Waals surface area (Å²) in [6.07, 6.45) is 3.76. The lowest BCUT2D eigenvalue weighted by Crippen LogP contribution is -2.43. The fourth-order valence-electron chi connectivity index (χ4n) is 1.27. The molecule has 0 radical (unpaired) electrons. The molecule has 0 saturated heterocycles. The third-order valence-electron chi connectivity index (χ3n) is 2.13. The second kappa shape index (κ2) is 5.85. The van der Waals surface area contributed by atoms with Crippen LogP contribution in [0.15, 0.2) is 25.3 Å². The number of amides is 1. The van der Waals surface area contributed by atoms with Crippen LogP contribution in [0.3, 0.4) is 0 Å². The van der Waals surface area contributed by atoms with Gasteiger partial charge in [0.15, 0.2) is 0 Å². The molecule has 0 aliphatic heterocycles. The van der Waals surface area contributed by atoms with Gasteiger partial charge in [-0.3, -0.25) is 9.36 Å². The number of allylic oxidation sites excluding steroid dienone is 1. The molecule has 1 amide bonds. The first kappa shape index (κ1) is 14.1. The van der Waals surface area contributed by atoms with Crippen molar-refractivity contribution in [2.75, 3.05) is 0 Å². The largest absolute Gasteiger partial charge is 0.351 e. The second-order valence-corrected chi connectivity index (χ2v) is 5.10. The van der Waals surface area contributed by atoms with Gasteiger partial charge in [-0.15, -0.1) is 13.2 Å². The molecule has 0 rings (SSSR count). The molecule has 0 saturated carbocycles. The molecule has 0 spiro atoms. The van der Waals surface area contributed by atoms with E-state index in [4.69, 9.17) is 0 Å². The molecule has 3 N–H and O–H groups in total. The zero-order chi connectivity index (χ0) is 11.9. The van der Waals surface area contributed by atoms with Crippen molar-refractivity contribution < 1.29 is 19.1 Å². The topological polar surface area (TPSA) is 86.6 Å². The van der Waals surface area contributed by atoms with Gasteiger partial charge < -0.3 is 15.1 Å². The normalized spacial score (nSPS) is 15.1. The molecule has 6 heteroatoms. The van der Waals surface area contributed by atoms with E-state index in [0.717, 1.165) is 0 Å². The maximum Gasteiger partial charge on any atom is 0.351 e. The average molecular weight is 233 g/mol. The molecule has 0 heterocycles. The van der Waals surface area contributed by atoms with Gasteiger partial charge in [0.1, 0.15) is 5.28 Å². The lowest BCUT2D eigenvalue weighted by Gasteiger charge is -2.32. The average Bonchev–Trinajstić information content (AvgIpc) is 2.13. The minimum atomic E-state index is -4.43.